The maximum Gasteiger partial charge on any atom is 0.410 e. The average Bonchev–Trinajstić information content (AvgIpc) is 3.21. The largest absolute Gasteiger partial charge is 0.486 e. The summed E-state index contributed by atoms with van der Waals surface area (Å²) in [5, 5.41) is 0. The Hall–Kier alpha value is -2.44. The first-order valence-corrected chi connectivity index (χ1v) is 11.0. The van der Waals surface area contributed by atoms with Gasteiger partial charge in [0.1, 0.15) is 18.8 Å². The normalized spacial score (nSPS) is 24.0. The van der Waals surface area contributed by atoms with Gasteiger partial charge in [-0.15, -0.1) is 0 Å². The van der Waals surface area contributed by atoms with Gasteiger partial charge in [-0.1, -0.05) is 6.07 Å². The van der Waals surface area contributed by atoms with Crippen LogP contribution in [-0.2, 0) is 9.53 Å². The van der Waals surface area contributed by atoms with Crippen molar-refractivity contribution in [3.8, 4) is 11.5 Å². The topological polar surface area (TPSA) is 68.3 Å². The second-order valence-electron chi connectivity index (χ2n) is 9.36. The summed E-state index contributed by atoms with van der Waals surface area (Å²) >= 11 is 0. The van der Waals surface area contributed by atoms with Crippen molar-refractivity contribution >= 4 is 12.0 Å². The molecule has 2 saturated heterocycles. The number of nitrogens with zero attached hydrogens (tertiary/aromatic N) is 2. The number of carbonyl (C=O) groups is 2. The van der Waals surface area contributed by atoms with Gasteiger partial charge in [0.05, 0.1) is 12.0 Å². The number of rotatable bonds is 2. The lowest BCUT2D eigenvalue weighted by Crippen LogP contribution is -2.47. The fraction of sp³-hybridized carbons (Fsp3) is 0.652. The van der Waals surface area contributed by atoms with Crippen LogP contribution in [0.25, 0.3) is 0 Å². The van der Waals surface area contributed by atoms with E-state index in [1.165, 1.54) is 0 Å². The Bertz CT molecular complexity index is 803. The molecule has 3 aliphatic heterocycles. The Morgan fingerprint density at radius 3 is 2.53 bits per heavy atom. The second-order valence-corrected chi connectivity index (χ2v) is 9.36. The van der Waals surface area contributed by atoms with Crippen molar-refractivity contribution in [3.05, 3.63) is 23.8 Å². The number of hydrogen-bond acceptors (Lipinski definition) is 5. The fourth-order valence-electron chi connectivity index (χ4n) is 4.55. The highest BCUT2D eigenvalue weighted by atomic mass is 16.6. The van der Waals surface area contributed by atoms with Gasteiger partial charge in [0.2, 0.25) is 5.91 Å². The van der Waals surface area contributed by atoms with Gasteiger partial charge in [0.25, 0.3) is 0 Å². The van der Waals surface area contributed by atoms with Gasteiger partial charge in [0.15, 0.2) is 11.5 Å². The molecule has 7 nitrogen and oxygen atoms in total. The lowest BCUT2D eigenvalue weighted by molar-refractivity contribution is -0.138. The third-order valence-corrected chi connectivity index (χ3v) is 5.91. The Morgan fingerprint density at radius 1 is 1.03 bits per heavy atom. The van der Waals surface area contributed by atoms with Crippen molar-refractivity contribution < 1.29 is 23.8 Å². The summed E-state index contributed by atoms with van der Waals surface area (Å²) in [6.45, 7) is 8.52. The van der Waals surface area contributed by atoms with Crippen LogP contribution in [0.2, 0.25) is 0 Å². The molecule has 30 heavy (non-hydrogen) atoms. The number of amides is 2. The zero-order valence-electron chi connectivity index (χ0n) is 18.2. The molecule has 0 saturated carbocycles. The molecule has 0 radical (unpaired) electrons. The summed E-state index contributed by atoms with van der Waals surface area (Å²) in [6, 6.07) is 6.04. The van der Waals surface area contributed by atoms with Crippen molar-refractivity contribution in [2.75, 3.05) is 32.8 Å². The first kappa shape index (κ1) is 20.8. The van der Waals surface area contributed by atoms with Crippen LogP contribution in [0.4, 0.5) is 4.79 Å². The zero-order chi connectivity index (χ0) is 21.3. The van der Waals surface area contributed by atoms with Crippen molar-refractivity contribution in [1.82, 2.24) is 9.80 Å². The van der Waals surface area contributed by atoms with Crippen LogP contribution in [0.1, 0.15) is 58.1 Å². The molecule has 0 aliphatic carbocycles. The van der Waals surface area contributed by atoms with E-state index in [2.05, 4.69) is 0 Å². The first-order chi connectivity index (χ1) is 14.3. The number of hydrogen-bond donors (Lipinski definition) is 0. The van der Waals surface area contributed by atoms with Crippen LogP contribution < -0.4 is 9.47 Å². The van der Waals surface area contributed by atoms with Crippen molar-refractivity contribution in [2.45, 2.75) is 58.1 Å². The number of piperidine rings is 1. The fourth-order valence-corrected chi connectivity index (χ4v) is 4.55. The molecule has 1 aromatic rings. The van der Waals surface area contributed by atoms with Gasteiger partial charge in [-0.25, -0.2) is 4.79 Å². The number of benzene rings is 1. The minimum atomic E-state index is -0.535. The lowest BCUT2D eigenvalue weighted by Gasteiger charge is -2.36. The molecule has 1 aromatic carbocycles. The monoisotopic (exact) mass is 416 g/mol. The van der Waals surface area contributed by atoms with Gasteiger partial charge in [0, 0.05) is 19.6 Å². The summed E-state index contributed by atoms with van der Waals surface area (Å²) < 4.78 is 16.9. The van der Waals surface area contributed by atoms with E-state index in [0.29, 0.717) is 26.3 Å². The standard InChI is InChI=1S/C23H32N2O5/c1-23(2,3)30-22(27)24-10-4-6-17(15-24)21(26)25-11-5-7-18(25)16-8-9-19-20(14-16)29-13-12-28-19/h8-9,14,17-18H,4-7,10-13,15H2,1-3H3/t17-,18-/m1/s1. The first-order valence-electron chi connectivity index (χ1n) is 11.0. The summed E-state index contributed by atoms with van der Waals surface area (Å²) in [6.07, 6.45) is 3.21. The SMILES string of the molecule is CC(C)(C)OC(=O)N1CCC[C@@H](C(=O)N2CCC[C@@H]2c2ccc3c(c2)OCCO3)C1. The minimum absolute atomic E-state index is 0.0465. The van der Waals surface area contributed by atoms with Gasteiger partial charge in [-0.2, -0.15) is 0 Å². The Kier molecular flexibility index (Phi) is 5.80. The molecular weight excluding hydrogens is 384 g/mol. The van der Waals surface area contributed by atoms with Crippen LogP contribution in [0.5, 0.6) is 11.5 Å². The zero-order valence-corrected chi connectivity index (χ0v) is 18.2. The van der Waals surface area contributed by atoms with Gasteiger partial charge < -0.3 is 24.0 Å². The van der Waals surface area contributed by atoms with E-state index in [1.54, 1.807) is 4.90 Å². The van der Waals surface area contributed by atoms with Crippen molar-refractivity contribution in [3.63, 3.8) is 0 Å². The van der Waals surface area contributed by atoms with Crippen LogP contribution in [0.15, 0.2) is 18.2 Å². The molecule has 2 amide bonds. The molecule has 0 unspecified atom stereocenters. The predicted octanol–water partition coefficient (Wildman–Crippen LogP) is 3.77. The second kappa shape index (κ2) is 8.36. The van der Waals surface area contributed by atoms with E-state index in [1.807, 2.05) is 43.9 Å². The van der Waals surface area contributed by atoms with Crippen molar-refractivity contribution in [2.24, 2.45) is 5.92 Å². The molecule has 164 valence electrons. The van der Waals surface area contributed by atoms with E-state index in [0.717, 1.165) is 49.3 Å². The Balaban J connectivity index is 1.45. The molecule has 3 aliphatic rings. The molecule has 0 spiro atoms. The molecule has 4 rings (SSSR count). The third-order valence-electron chi connectivity index (χ3n) is 5.91. The molecular formula is C23H32N2O5. The Morgan fingerprint density at radius 2 is 1.77 bits per heavy atom. The highest BCUT2D eigenvalue weighted by Crippen LogP contribution is 2.39. The molecule has 0 bridgehead atoms. The van der Waals surface area contributed by atoms with Crippen LogP contribution >= 0.6 is 0 Å². The van der Waals surface area contributed by atoms with Crippen LogP contribution in [0.3, 0.4) is 0 Å². The number of ether oxygens (including phenoxy) is 3. The van der Waals surface area contributed by atoms with Crippen LogP contribution in [0, 0.1) is 5.92 Å². The number of carbonyl (C=O) groups excluding carboxylic acids is 2. The summed E-state index contributed by atoms with van der Waals surface area (Å²) in [4.78, 5) is 29.6. The van der Waals surface area contributed by atoms with Crippen LogP contribution in [-0.4, -0.2) is 60.2 Å². The quantitative estimate of drug-likeness (QED) is 0.734. The molecule has 3 heterocycles. The average molecular weight is 417 g/mol. The summed E-state index contributed by atoms with van der Waals surface area (Å²) in [7, 11) is 0. The van der Waals surface area contributed by atoms with Gasteiger partial charge >= 0.3 is 6.09 Å². The molecule has 2 fully saturated rings. The van der Waals surface area contributed by atoms with Gasteiger partial charge in [-0.3, -0.25) is 4.79 Å². The third kappa shape index (κ3) is 4.50. The summed E-state index contributed by atoms with van der Waals surface area (Å²) in [5.74, 6) is 1.48. The van der Waals surface area contributed by atoms with E-state index < -0.39 is 5.60 Å². The van der Waals surface area contributed by atoms with Gasteiger partial charge in [-0.05, 0) is 64.2 Å². The maximum absolute atomic E-state index is 13.4. The predicted molar refractivity (Wildman–Crippen MR) is 112 cm³/mol. The summed E-state index contributed by atoms with van der Waals surface area (Å²) in [5.41, 5.74) is 0.552. The highest BCUT2D eigenvalue weighted by Gasteiger charge is 2.37. The number of likely N-dealkylation sites (tertiary alicyclic amines) is 2. The van der Waals surface area contributed by atoms with E-state index in [-0.39, 0.29) is 24.0 Å². The molecule has 2 atom stereocenters. The molecule has 0 aromatic heterocycles. The van der Waals surface area contributed by atoms with Crippen molar-refractivity contribution in [1.29, 1.82) is 0 Å². The van der Waals surface area contributed by atoms with E-state index in [9.17, 15) is 9.59 Å². The Labute approximate surface area is 178 Å². The molecule has 7 heteroatoms. The maximum atomic E-state index is 13.4. The van der Waals surface area contributed by atoms with E-state index >= 15 is 0 Å². The smallest absolute Gasteiger partial charge is 0.410 e. The lowest BCUT2D eigenvalue weighted by atomic mass is 9.95. The molecule has 0 N–H and O–H groups in total. The van der Waals surface area contributed by atoms with E-state index in [4.69, 9.17) is 14.2 Å². The number of fused-ring (bicyclic) bond motifs is 1. The highest BCUT2D eigenvalue weighted by molar-refractivity contribution is 5.81. The minimum Gasteiger partial charge on any atom is -0.486 e.